The van der Waals surface area contributed by atoms with Crippen LogP contribution in [0.2, 0.25) is 6.32 Å². The molecule has 0 bridgehead atoms. The summed E-state index contributed by atoms with van der Waals surface area (Å²) in [5.74, 6) is 0.457. The van der Waals surface area contributed by atoms with E-state index in [-0.39, 0.29) is 12.2 Å². The summed E-state index contributed by atoms with van der Waals surface area (Å²) in [6.45, 7) is 1.70. The lowest BCUT2D eigenvalue weighted by Crippen LogP contribution is -2.35. The molecule has 2 rings (SSSR count). The van der Waals surface area contributed by atoms with Crippen LogP contribution in [-0.4, -0.2) is 59.3 Å². The Kier molecular flexibility index (Phi) is 6.65. The summed E-state index contributed by atoms with van der Waals surface area (Å²) in [7, 11) is 9.25. The predicted molar refractivity (Wildman–Crippen MR) is 87.9 cm³/mol. The fourth-order valence-electron chi connectivity index (χ4n) is 2.97. The zero-order chi connectivity index (χ0) is 15.1. The molecule has 2 aliphatic rings. The first kappa shape index (κ1) is 16.4. The van der Waals surface area contributed by atoms with E-state index in [1.165, 1.54) is 18.4 Å². The molecule has 3 unspecified atom stereocenters. The molecule has 0 saturated heterocycles. The van der Waals surface area contributed by atoms with E-state index >= 15 is 0 Å². The Hall–Kier alpha value is -0.935. The minimum absolute atomic E-state index is 0.0161. The fraction of sp³-hybridized carbons (Fsp3) is 0.750. The third kappa shape index (κ3) is 4.52. The highest BCUT2D eigenvalue weighted by atomic mass is 16.5. The van der Waals surface area contributed by atoms with Gasteiger partial charge in [0.15, 0.2) is 0 Å². The van der Waals surface area contributed by atoms with Crippen LogP contribution in [0.15, 0.2) is 21.6 Å². The molecular formula is C16H25BN2O2. The molecule has 4 nitrogen and oxygen atoms in total. The third-order valence-corrected chi connectivity index (χ3v) is 4.24. The molecule has 0 aromatic carbocycles. The second kappa shape index (κ2) is 8.49. The van der Waals surface area contributed by atoms with Crippen LogP contribution in [0.25, 0.3) is 0 Å². The molecule has 3 atom stereocenters. The molecule has 0 aromatic rings. The summed E-state index contributed by atoms with van der Waals surface area (Å²) in [5, 5.41) is 0. The molecule has 0 spiro atoms. The number of allylic oxidation sites excluding steroid dienone is 1. The number of aliphatic imine (C=N–C) groups is 2. The van der Waals surface area contributed by atoms with Crippen molar-refractivity contribution >= 4 is 19.8 Å². The van der Waals surface area contributed by atoms with E-state index in [9.17, 15) is 0 Å². The van der Waals surface area contributed by atoms with E-state index in [0.29, 0.717) is 12.2 Å². The first-order valence-corrected chi connectivity index (χ1v) is 7.79. The summed E-state index contributed by atoms with van der Waals surface area (Å²) in [5.41, 5.74) is 2.17. The molecule has 1 aliphatic heterocycles. The molecule has 0 amide bonds. The van der Waals surface area contributed by atoms with Crippen LogP contribution in [0.5, 0.6) is 0 Å². The SMILES string of the molecule is [B]CC(=NC)C1=CC(OC)C(OCC2C=NCCC2)CC1. The maximum Gasteiger partial charge on any atom is 0.102 e. The Morgan fingerprint density at radius 2 is 2.33 bits per heavy atom. The normalized spacial score (nSPS) is 30.3. The molecule has 5 heteroatoms. The van der Waals surface area contributed by atoms with Gasteiger partial charge in [-0.2, -0.15) is 0 Å². The van der Waals surface area contributed by atoms with Crippen LogP contribution in [0.3, 0.4) is 0 Å². The van der Waals surface area contributed by atoms with Gasteiger partial charge in [-0.25, -0.2) is 0 Å². The van der Waals surface area contributed by atoms with E-state index in [4.69, 9.17) is 17.3 Å². The summed E-state index contributed by atoms with van der Waals surface area (Å²) < 4.78 is 11.7. The van der Waals surface area contributed by atoms with Gasteiger partial charge in [-0.15, -0.1) is 0 Å². The Morgan fingerprint density at radius 1 is 1.48 bits per heavy atom. The Balaban J connectivity index is 1.92. The largest absolute Gasteiger partial charge is 0.375 e. The van der Waals surface area contributed by atoms with Crippen molar-refractivity contribution in [2.75, 3.05) is 27.3 Å². The van der Waals surface area contributed by atoms with Gasteiger partial charge in [0.25, 0.3) is 0 Å². The summed E-state index contributed by atoms with van der Waals surface area (Å²) in [4.78, 5) is 8.59. The van der Waals surface area contributed by atoms with Crippen molar-refractivity contribution in [3.63, 3.8) is 0 Å². The number of rotatable bonds is 6. The number of nitrogens with zero attached hydrogens (tertiary/aromatic N) is 2. The van der Waals surface area contributed by atoms with Crippen molar-refractivity contribution in [2.24, 2.45) is 15.9 Å². The minimum Gasteiger partial charge on any atom is -0.375 e. The summed E-state index contributed by atoms with van der Waals surface area (Å²) >= 11 is 0. The first-order chi connectivity index (χ1) is 10.3. The maximum atomic E-state index is 6.09. The highest BCUT2D eigenvalue weighted by Gasteiger charge is 2.27. The zero-order valence-corrected chi connectivity index (χ0v) is 13.1. The second-order valence-electron chi connectivity index (χ2n) is 5.63. The molecule has 1 heterocycles. The van der Waals surface area contributed by atoms with Gasteiger partial charge in [0.2, 0.25) is 0 Å². The number of ether oxygens (including phenoxy) is 2. The van der Waals surface area contributed by atoms with Gasteiger partial charge in [0.05, 0.1) is 20.6 Å². The highest BCUT2D eigenvalue weighted by Crippen LogP contribution is 2.25. The average Bonchev–Trinajstić information content (AvgIpc) is 2.55. The molecule has 21 heavy (non-hydrogen) atoms. The van der Waals surface area contributed by atoms with Crippen LogP contribution < -0.4 is 0 Å². The molecule has 1 aliphatic carbocycles. The summed E-state index contributed by atoms with van der Waals surface area (Å²) in [6, 6.07) is 0. The molecule has 2 radical (unpaired) electrons. The van der Waals surface area contributed by atoms with Gasteiger partial charge in [-0.1, -0.05) is 0 Å². The maximum absolute atomic E-state index is 6.09. The second-order valence-corrected chi connectivity index (χ2v) is 5.63. The third-order valence-electron chi connectivity index (χ3n) is 4.24. The van der Waals surface area contributed by atoms with Crippen molar-refractivity contribution in [2.45, 2.75) is 44.2 Å². The number of hydrogen-bond donors (Lipinski definition) is 0. The Bertz CT molecular complexity index is 421. The molecule has 0 N–H and O–H groups in total. The lowest BCUT2D eigenvalue weighted by molar-refractivity contribution is -0.0490. The van der Waals surface area contributed by atoms with Crippen LogP contribution in [0, 0.1) is 5.92 Å². The van der Waals surface area contributed by atoms with Crippen molar-refractivity contribution in [1.29, 1.82) is 0 Å². The predicted octanol–water partition coefficient (Wildman–Crippen LogP) is 2.25. The van der Waals surface area contributed by atoms with Gasteiger partial charge >= 0.3 is 0 Å². The highest BCUT2D eigenvalue weighted by molar-refractivity contribution is 6.25. The molecular weight excluding hydrogens is 263 g/mol. The fourth-order valence-corrected chi connectivity index (χ4v) is 2.97. The van der Waals surface area contributed by atoms with Crippen molar-refractivity contribution in [3.05, 3.63) is 11.6 Å². The van der Waals surface area contributed by atoms with Gasteiger partial charge in [0.1, 0.15) is 6.10 Å². The zero-order valence-electron chi connectivity index (χ0n) is 13.1. The van der Waals surface area contributed by atoms with Crippen LogP contribution in [0.1, 0.15) is 25.7 Å². The Labute approximate surface area is 129 Å². The number of hydrogen-bond acceptors (Lipinski definition) is 4. The van der Waals surface area contributed by atoms with E-state index in [1.807, 2.05) is 6.21 Å². The van der Waals surface area contributed by atoms with Gasteiger partial charge in [0, 0.05) is 38.5 Å². The molecule has 0 aromatic heterocycles. The molecule has 0 fully saturated rings. The van der Waals surface area contributed by atoms with Crippen molar-refractivity contribution in [3.8, 4) is 0 Å². The monoisotopic (exact) mass is 288 g/mol. The lowest BCUT2D eigenvalue weighted by atomic mass is 9.86. The Morgan fingerprint density at radius 3 is 2.95 bits per heavy atom. The van der Waals surface area contributed by atoms with Crippen LogP contribution >= 0.6 is 0 Å². The van der Waals surface area contributed by atoms with Crippen LogP contribution in [-0.2, 0) is 9.47 Å². The van der Waals surface area contributed by atoms with Gasteiger partial charge in [-0.3, -0.25) is 9.98 Å². The minimum atomic E-state index is -0.0161. The topological polar surface area (TPSA) is 43.2 Å². The van der Waals surface area contributed by atoms with Gasteiger partial charge < -0.3 is 9.47 Å². The van der Waals surface area contributed by atoms with Crippen LogP contribution in [0.4, 0.5) is 0 Å². The van der Waals surface area contributed by atoms with E-state index in [0.717, 1.165) is 31.7 Å². The van der Waals surface area contributed by atoms with Gasteiger partial charge in [-0.05, 0) is 43.7 Å². The van der Waals surface area contributed by atoms with E-state index in [2.05, 4.69) is 16.1 Å². The molecule has 0 saturated carbocycles. The standard InChI is InChI=1S/C16H25BN2O2/c1-18-14(9-17)13-5-6-15(16(8-13)20-2)21-11-12-4-3-7-19-10-12/h8,10,12,15-16H,3-7,9,11H2,1-2H3. The smallest absolute Gasteiger partial charge is 0.102 e. The van der Waals surface area contributed by atoms with Crippen molar-refractivity contribution < 1.29 is 9.47 Å². The van der Waals surface area contributed by atoms with E-state index < -0.39 is 0 Å². The van der Waals surface area contributed by atoms with E-state index in [1.54, 1.807) is 14.2 Å². The lowest BCUT2D eigenvalue weighted by Gasteiger charge is -2.31. The number of methoxy groups -OCH3 is 1. The first-order valence-electron chi connectivity index (χ1n) is 7.79. The average molecular weight is 288 g/mol. The summed E-state index contributed by atoms with van der Waals surface area (Å²) in [6.07, 6.45) is 8.99. The molecule has 114 valence electrons. The van der Waals surface area contributed by atoms with Crippen molar-refractivity contribution in [1.82, 2.24) is 0 Å². The quantitative estimate of drug-likeness (QED) is 0.555.